The molecule has 0 saturated carbocycles. The molecule has 1 nitrogen and oxygen atoms in total. The second kappa shape index (κ2) is 15.9. The van der Waals surface area contributed by atoms with Gasteiger partial charge in [0, 0.05) is 22.4 Å². The van der Waals surface area contributed by atoms with Gasteiger partial charge in [0.2, 0.25) is 0 Å². The Hall–Kier alpha value is -8.78. The number of fused-ring (bicyclic) bond motifs is 13. The Labute approximate surface area is 416 Å². The minimum Gasteiger partial charge on any atom is -0.310 e. The highest BCUT2D eigenvalue weighted by molar-refractivity contribution is 6.03. The maximum atomic E-state index is 2.53. The van der Waals surface area contributed by atoms with Gasteiger partial charge in [-0.25, -0.2) is 0 Å². The summed E-state index contributed by atoms with van der Waals surface area (Å²) in [5, 5.41) is 0. The number of nitrogens with zero attached hydrogens (tertiary/aromatic N) is 1. The third-order valence-corrected chi connectivity index (χ3v) is 15.9. The lowest BCUT2D eigenvalue weighted by atomic mass is 9.70. The standard InChI is InChI=1S/C70H49N/c1-69(2)61-34-15-11-28-54(61)58-41-39-49(44-66(58)69)48-25-19-26-50(43-48)71(67-38-20-33-53(47-23-7-4-8-24-47)68(67)59-32-10-9-27-52(59)46-21-5-3-6-22-46)51-40-42-65-60(45-51)57-31-14-18-37-64(57)70(65)62-35-16-12-29-55(62)56-30-13-17-36-63(56)70/h3-45H,1-2H3. The van der Waals surface area contributed by atoms with E-state index < -0.39 is 5.41 Å². The van der Waals surface area contributed by atoms with Crippen LogP contribution in [0.4, 0.5) is 17.1 Å². The van der Waals surface area contributed by atoms with Crippen LogP contribution >= 0.6 is 0 Å². The molecule has 0 fully saturated rings. The topological polar surface area (TPSA) is 3.24 Å². The van der Waals surface area contributed by atoms with Crippen LogP contribution in [0.1, 0.15) is 47.2 Å². The van der Waals surface area contributed by atoms with Gasteiger partial charge in [-0.2, -0.15) is 0 Å². The molecule has 0 atom stereocenters. The summed E-state index contributed by atoms with van der Waals surface area (Å²) in [7, 11) is 0. The number of benzene rings is 11. The molecule has 11 aromatic rings. The summed E-state index contributed by atoms with van der Waals surface area (Å²) < 4.78 is 0. The second-order valence-electron chi connectivity index (χ2n) is 19.9. The Morgan fingerprint density at radius 1 is 0.254 bits per heavy atom. The van der Waals surface area contributed by atoms with Gasteiger partial charge in [-0.05, 0) is 142 Å². The van der Waals surface area contributed by atoms with Crippen LogP contribution in [-0.4, -0.2) is 0 Å². The van der Waals surface area contributed by atoms with Crippen molar-refractivity contribution in [2.75, 3.05) is 4.90 Å². The Kier molecular flexibility index (Phi) is 9.22. The highest BCUT2D eigenvalue weighted by Crippen LogP contribution is 2.63. The van der Waals surface area contributed by atoms with Gasteiger partial charge in [0.1, 0.15) is 0 Å². The van der Waals surface area contributed by atoms with Crippen molar-refractivity contribution in [2.24, 2.45) is 0 Å². The summed E-state index contributed by atoms with van der Waals surface area (Å²) in [5.74, 6) is 0. The average Bonchev–Trinajstić information content (AvgIpc) is 3.99. The molecule has 11 aromatic carbocycles. The van der Waals surface area contributed by atoms with Gasteiger partial charge in [-0.1, -0.05) is 238 Å². The van der Waals surface area contributed by atoms with Crippen LogP contribution in [0, 0.1) is 0 Å². The van der Waals surface area contributed by atoms with E-state index in [9.17, 15) is 0 Å². The summed E-state index contributed by atoms with van der Waals surface area (Å²) >= 11 is 0. The fraction of sp³-hybridized carbons (Fsp3) is 0.0571. The second-order valence-corrected chi connectivity index (χ2v) is 19.9. The van der Waals surface area contributed by atoms with Crippen LogP contribution in [0.15, 0.2) is 261 Å². The number of anilines is 3. The molecule has 1 heteroatoms. The van der Waals surface area contributed by atoms with Gasteiger partial charge in [0.25, 0.3) is 0 Å². The van der Waals surface area contributed by atoms with Gasteiger partial charge < -0.3 is 4.90 Å². The van der Waals surface area contributed by atoms with Crippen molar-refractivity contribution < 1.29 is 0 Å². The van der Waals surface area contributed by atoms with E-state index in [-0.39, 0.29) is 5.41 Å². The number of hydrogen-bond donors (Lipinski definition) is 0. The molecule has 0 unspecified atom stereocenters. The highest BCUT2D eigenvalue weighted by Gasteiger charge is 2.51. The molecule has 0 radical (unpaired) electrons. The number of rotatable bonds is 7. The minimum absolute atomic E-state index is 0.108. The summed E-state index contributed by atoms with van der Waals surface area (Å²) in [6, 6.07) is 97.4. The van der Waals surface area contributed by atoms with Gasteiger partial charge in [-0.15, -0.1) is 0 Å². The predicted octanol–water partition coefficient (Wildman–Crippen LogP) is 18.5. The first-order valence-electron chi connectivity index (χ1n) is 24.9. The first kappa shape index (κ1) is 41.2. The molecule has 0 heterocycles. The minimum atomic E-state index is -0.434. The monoisotopic (exact) mass is 903 g/mol. The third-order valence-electron chi connectivity index (χ3n) is 15.9. The van der Waals surface area contributed by atoms with Crippen LogP contribution in [-0.2, 0) is 10.8 Å². The number of hydrogen-bond acceptors (Lipinski definition) is 1. The molecule has 0 bridgehead atoms. The van der Waals surface area contributed by atoms with E-state index in [4.69, 9.17) is 0 Å². The van der Waals surface area contributed by atoms with Gasteiger partial charge in [0.15, 0.2) is 0 Å². The van der Waals surface area contributed by atoms with Gasteiger partial charge in [0.05, 0.1) is 11.1 Å². The van der Waals surface area contributed by atoms with E-state index in [0.29, 0.717) is 0 Å². The molecule has 0 amide bonds. The van der Waals surface area contributed by atoms with Crippen LogP contribution in [0.25, 0.3) is 77.9 Å². The SMILES string of the molecule is CC1(C)c2ccccc2-c2ccc(-c3cccc(N(c4ccc5c(c4)-c4ccccc4C54c5ccccc5-c5ccccc54)c4cccc(-c5ccccc5)c4-c4ccccc4-c4ccccc4)c3)cc21. The Bertz CT molecular complexity index is 3870. The average molecular weight is 904 g/mol. The zero-order valence-corrected chi connectivity index (χ0v) is 39.8. The van der Waals surface area contributed by atoms with E-state index >= 15 is 0 Å². The van der Waals surface area contributed by atoms with Crippen molar-refractivity contribution in [1.29, 1.82) is 0 Å². The molecule has 3 aliphatic carbocycles. The van der Waals surface area contributed by atoms with E-state index in [1.807, 2.05) is 0 Å². The van der Waals surface area contributed by atoms with E-state index in [2.05, 4.69) is 280 Å². The van der Waals surface area contributed by atoms with Crippen LogP contribution < -0.4 is 4.90 Å². The summed E-state index contributed by atoms with van der Waals surface area (Å²) in [4.78, 5) is 2.53. The molecule has 14 rings (SSSR count). The van der Waals surface area contributed by atoms with Crippen molar-refractivity contribution in [3.8, 4) is 77.9 Å². The zero-order chi connectivity index (χ0) is 47.3. The van der Waals surface area contributed by atoms with Gasteiger partial charge in [-0.3, -0.25) is 0 Å². The summed E-state index contributed by atoms with van der Waals surface area (Å²) in [6.07, 6.45) is 0. The Morgan fingerprint density at radius 3 is 1.34 bits per heavy atom. The van der Waals surface area contributed by atoms with Crippen molar-refractivity contribution in [3.05, 3.63) is 294 Å². The summed E-state index contributed by atoms with van der Waals surface area (Å²) in [6.45, 7) is 4.74. The molecule has 0 aromatic heterocycles. The van der Waals surface area contributed by atoms with Crippen molar-refractivity contribution in [1.82, 2.24) is 0 Å². The van der Waals surface area contributed by atoms with E-state index in [1.165, 1.54) is 111 Å². The molecular formula is C70H49N. The molecule has 334 valence electrons. The Balaban J connectivity index is 1.03. The fourth-order valence-electron chi connectivity index (χ4n) is 12.8. The normalized spacial score (nSPS) is 13.7. The first-order chi connectivity index (χ1) is 35.0. The lowest BCUT2D eigenvalue weighted by molar-refractivity contribution is 0.660. The lowest BCUT2D eigenvalue weighted by Gasteiger charge is -2.32. The van der Waals surface area contributed by atoms with Crippen LogP contribution in [0.5, 0.6) is 0 Å². The predicted molar refractivity (Wildman–Crippen MR) is 297 cm³/mol. The van der Waals surface area contributed by atoms with Crippen molar-refractivity contribution in [2.45, 2.75) is 24.7 Å². The molecule has 0 N–H and O–H groups in total. The molecular weight excluding hydrogens is 855 g/mol. The fourth-order valence-corrected chi connectivity index (χ4v) is 12.8. The van der Waals surface area contributed by atoms with Crippen molar-refractivity contribution >= 4 is 17.1 Å². The highest BCUT2D eigenvalue weighted by atomic mass is 15.1. The molecule has 71 heavy (non-hydrogen) atoms. The largest absolute Gasteiger partial charge is 0.310 e. The third kappa shape index (κ3) is 6.06. The van der Waals surface area contributed by atoms with Crippen molar-refractivity contribution in [3.63, 3.8) is 0 Å². The summed E-state index contributed by atoms with van der Waals surface area (Å²) in [5.41, 5.74) is 28.2. The van der Waals surface area contributed by atoms with Crippen LogP contribution in [0.3, 0.4) is 0 Å². The first-order valence-corrected chi connectivity index (χ1v) is 24.9. The molecule has 1 spiro atoms. The smallest absolute Gasteiger partial charge is 0.0725 e. The van der Waals surface area contributed by atoms with E-state index in [0.717, 1.165) is 17.1 Å². The van der Waals surface area contributed by atoms with Crippen LogP contribution in [0.2, 0.25) is 0 Å². The molecule has 0 aliphatic heterocycles. The van der Waals surface area contributed by atoms with E-state index in [1.54, 1.807) is 0 Å². The molecule has 0 saturated heterocycles. The maximum absolute atomic E-state index is 2.53. The molecule has 3 aliphatic rings. The lowest BCUT2D eigenvalue weighted by Crippen LogP contribution is -2.25. The maximum Gasteiger partial charge on any atom is 0.0725 e. The quantitative estimate of drug-likeness (QED) is 0.154. The zero-order valence-electron chi connectivity index (χ0n) is 39.8. The Morgan fingerprint density at radius 2 is 0.690 bits per heavy atom. The van der Waals surface area contributed by atoms with Gasteiger partial charge >= 0.3 is 0 Å².